The van der Waals surface area contributed by atoms with E-state index in [1.807, 2.05) is 6.92 Å². The monoisotopic (exact) mass is 336 g/mol. The molecule has 1 heterocycles. The van der Waals surface area contributed by atoms with Gasteiger partial charge in [-0.3, -0.25) is 4.79 Å². The highest BCUT2D eigenvalue weighted by Crippen LogP contribution is 2.13. The van der Waals surface area contributed by atoms with Gasteiger partial charge in [-0.1, -0.05) is 31.5 Å². The number of carbonyl (C=O) groups is 1. The van der Waals surface area contributed by atoms with E-state index in [1.54, 1.807) is 38.2 Å². The minimum absolute atomic E-state index is 0.126. The summed E-state index contributed by atoms with van der Waals surface area (Å²) < 4.78 is 27.4. The maximum atomic E-state index is 12.5. The van der Waals surface area contributed by atoms with Crippen LogP contribution in [-0.2, 0) is 14.8 Å². The number of benzene rings is 1. The zero-order valence-corrected chi connectivity index (χ0v) is 14.0. The van der Waals surface area contributed by atoms with Crippen molar-refractivity contribution in [2.24, 2.45) is 5.92 Å². The Morgan fingerprint density at radius 1 is 1.22 bits per heavy atom. The van der Waals surface area contributed by atoms with E-state index in [0.717, 1.165) is 5.56 Å². The molecule has 0 saturated heterocycles. The maximum Gasteiger partial charge on any atom is 0.258 e. The fraction of sp³-hybridized carbons (Fsp3) is 0.333. The Hall–Kier alpha value is -2.19. The van der Waals surface area contributed by atoms with Crippen molar-refractivity contribution in [3.05, 3.63) is 48.3 Å². The lowest BCUT2D eigenvalue weighted by Gasteiger charge is -2.21. The maximum absolute atomic E-state index is 12.5. The van der Waals surface area contributed by atoms with E-state index in [4.69, 9.17) is 0 Å². The second kappa shape index (κ2) is 6.93. The van der Waals surface area contributed by atoms with E-state index in [2.05, 4.69) is 15.2 Å². The van der Waals surface area contributed by atoms with Gasteiger partial charge >= 0.3 is 0 Å². The molecule has 0 aliphatic carbocycles. The summed E-state index contributed by atoms with van der Waals surface area (Å²) in [4.78, 5) is 13.7. The molecule has 1 unspecified atom stereocenters. The molecule has 2 aromatic rings. The number of aryl methyl sites for hydroxylation is 1. The van der Waals surface area contributed by atoms with Crippen LogP contribution in [0.25, 0.3) is 0 Å². The molecule has 2 N–H and O–H groups in total. The van der Waals surface area contributed by atoms with Gasteiger partial charge in [0.05, 0.1) is 11.1 Å². The van der Waals surface area contributed by atoms with E-state index in [9.17, 15) is 13.2 Å². The number of amides is 1. The Morgan fingerprint density at radius 3 is 2.39 bits per heavy atom. The first-order chi connectivity index (χ1) is 10.8. The fourth-order valence-electron chi connectivity index (χ4n) is 1.96. The van der Waals surface area contributed by atoms with Crippen LogP contribution in [0.3, 0.4) is 0 Å². The molecule has 0 saturated carbocycles. The lowest BCUT2D eigenvalue weighted by molar-refractivity contribution is -0.119. The van der Waals surface area contributed by atoms with Crippen LogP contribution in [0.5, 0.6) is 0 Å². The molecule has 1 amide bonds. The second-order valence-electron chi connectivity index (χ2n) is 5.58. The van der Waals surface area contributed by atoms with Crippen LogP contribution in [-0.4, -0.2) is 30.3 Å². The lowest BCUT2D eigenvalue weighted by atomic mass is 10.1. The molecule has 124 valence electrons. The summed E-state index contributed by atoms with van der Waals surface area (Å²) in [6.45, 7) is 5.41. The number of aromatic nitrogens is 2. The Labute approximate surface area is 135 Å². The molecule has 0 bridgehead atoms. The van der Waals surface area contributed by atoms with Gasteiger partial charge in [0.2, 0.25) is 10.0 Å². The van der Waals surface area contributed by atoms with Gasteiger partial charge in [0.25, 0.3) is 5.91 Å². The highest BCUT2D eigenvalue weighted by molar-refractivity contribution is 7.89. The minimum atomic E-state index is -3.79. The Balaban J connectivity index is 2.18. The average molecular weight is 336 g/mol. The number of hydrogen-bond donors (Lipinski definition) is 2. The first kappa shape index (κ1) is 17.2. The van der Waals surface area contributed by atoms with Crippen LogP contribution < -0.4 is 10.1 Å². The van der Waals surface area contributed by atoms with Gasteiger partial charge in [-0.05, 0) is 31.0 Å². The average Bonchev–Trinajstić information content (AvgIpc) is 2.98. The Morgan fingerprint density at radius 2 is 1.87 bits per heavy atom. The number of carbonyl (C=O) groups excluding carboxylic acids is 1. The van der Waals surface area contributed by atoms with Crippen LogP contribution in [0, 0.1) is 12.8 Å². The highest BCUT2D eigenvalue weighted by atomic mass is 32.2. The first-order valence-electron chi connectivity index (χ1n) is 7.19. The predicted octanol–water partition coefficient (Wildman–Crippen LogP) is 1.26. The summed E-state index contributed by atoms with van der Waals surface area (Å²) in [5.41, 5.74) is 3.49. The number of hydrogen-bond acceptors (Lipinski definition) is 4. The van der Waals surface area contributed by atoms with Crippen molar-refractivity contribution >= 4 is 15.9 Å². The van der Waals surface area contributed by atoms with Crippen LogP contribution in [0.15, 0.2) is 47.6 Å². The summed E-state index contributed by atoms with van der Waals surface area (Å²) in [6.07, 6.45) is 3.07. The molecule has 0 aliphatic heterocycles. The molecule has 0 fully saturated rings. The molecule has 23 heavy (non-hydrogen) atoms. The van der Waals surface area contributed by atoms with E-state index >= 15 is 0 Å². The molecule has 0 aliphatic rings. The third-order valence-electron chi connectivity index (χ3n) is 3.29. The Kier molecular flexibility index (Phi) is 5.17. The van der Waals surface area contributed by atoms with Crippen molar-refractivity contribution in [2.45, 2.75) is 31.7 Å². The van der Waals surface area contributed by atoms with Crippen molar-refractivity contribution in [2.75, 3.05) is 5.43 Å². The summed E-state index contributed by atoms with van der Waals surface area (Å²) in [5, 5.41) is 3.87. The molecule has 0 radical (unpaired) electrons. The normalized spacial score (nSPS) is 13.0. The standard InChI is InChI=1S/C15H20N4O3S/c1-11(2)14(15(20)17-19-10-4-9-16-19)18-23(21,22)13-7-5-12(3)6-8-13/h4-11,14,18H,1-3H3,(H,17,20). The van der Waals surface area contributed by atoms with Gasteiger partial charge < -0.3 is 0 Å². The SMILES string of the molecule is Cc1ccc(S(=O)(=O)NC(C(=O)Nn2cccn2)C(C)C)cc1. The van der Waals surface area contributed by atoms with Gasteiger partial charge in [-0.2, -0.15) is 14.6 Å². The summed E-state index contributed by atoms with van der Waals surface area (Å²) in [7, 11) is -3.79. The molecule has 7 nitrogen and oxygen atoms in total. The molecule has 1 aromatic heterocycles. The molecule has 2 rings (SSSR count). The van der Waals surface area contributed by atoms with Crippen molar-refractivity contribution < 1.29 is 13.2 Å². The number of sulfonamides is 1. The zero-order chi connectivity index (χ0) is 17.0. The summed E-state index contributed by atoms with van der Waals surface area (Å²) in [5.74, 6) is -0.704. The van der Waals surface area contributed by atoms with Crippen molar-refractivity contribution in [1.29, 1.82) is 0 Å². The summed E-state index contributed by atoms with van der Waals surface area (Å²) >= 11 is 0. The topological polar surface area (TPSA) is 93.1 Å². The van der Waals surface area contributed by atoms with E-state index in [-0.39, 0.29) is 10.8 Å². The number of nitrogens with zero attached hydrogens (tertiary/aromatic N) is 2. The first-order valence-corrected chi connectivity index (χ1v) is 8.67. The largest absolute Gasteiger partial charge is 0.271 e. The quantitative estimate of drug-likeness (QED) is 0.830. The third kappa shape index (κ3) is 4.40. The fourth-order valence-corrected chi connectivity index (χ4v) is 3.31. The molecular weight excluding hydrogens is 316 g/mol. The predicted molar refractivity (Wildman–Crippen MR) is 86.7 cm³/mol. The van der Waals surface area contributed by atoms with Crippen molar-refractivity contribution in [3.63, 3.8) is 0 Å². The molecule has 8 heteroatoms. The van der Waals surface area contributed by atoms with Crippen molar-refractivity contribution in [1.82, 2.24) is 14.6 Å². The molecule has 0 spiro atoms. The highest BCUT2D eigenvalue weighted by Gasteiger charge is 2.28. The van der Waals surface area contributed by atoms with E-state index < -0.39 is 22.0 Å². The zero-order valence-electron chi connectivity index (χ0n) is 13.2. The number of nitrogens with one attached hydrogen (secondary N) is 2. The third-order valence-corrected chi connectivity index (χ3v) is 4.75. The number of rotatable bonds is 6. The van der Waals surface area contributed by atoms with Crippen LogP contribution >= 0.6 is 0 Å². The van der Waals surface area contributed by atoms with Crippen LogP contribution in [0.1, 0.15) is 19.4 Å². The van der Waals surface area contributed by atoms with Gasteiger partial charge in [0.1, 0.15) is 6.04 Å². The van der Waals surface area contributed by atoms with E-state index in [1.165, 1.54) is 23.1 Å². The van der Waals surface area contributed by atoms with Crippen LogP contribution in [0.4, 0.5) is 0 Å². The van der Waals surface area contributed by atoms with Gasteiger partial charge in [-0.25, -0.2) is 13.8 Å². The van der Waals surface area contributed by atoms with E-state index in [0.29, 0.717) is 0 Å². The Bertz CT molecular complexity index is 753. The van der Waals surface area contributed by atoms with Gasteiger partial charge in [0, 0.05) is 6.20 Å². The second-order valence-corrected chi connectivity index (χ2v) is 7.30. The smallest absolute Gasteiger partial charge is 0.258 e. The van der Waals surface area contributed by atoms with Crippen LogP contribution in [0.2, 0.25) is 0 Å². The summed E-state index contributed by atoms with van der Waals surface area (Å²) in [6, 6.07) is 7.19. The lowest BCUT2D eigenvalue weighted by Crippen LogP contribution is -2.48. The van der Waals surface area contributed by atoms with Gasteiger partial charge in [0.15, 0.2) is 0 Å². The molecular formula is C15H20N4O3S. The molecule has 1 atom stereocenters. The van der Waals surface area contributed by atoms with Gasteiger partial charge in [-0.15, -0.1) is 0 Å². The molecule has 1 aromatic carbocycles. The van der Waals surface area contributed by atoms with Crippen molar-refractivity contribution in [3.8, 4) is 0 Å². The minimum Gasteiger partial charge on any atom is -0.271 e.